The van der Waals surface area contributed by atoms with Crippen LogP contribution in [0.1, 0.15) is 41.6 Å². The van der Waals surface area contributed by atoms with Crippen molar-refractivity contribution in [2.75, 3.05) is 6.54 Å². The van der Waals surface area contributed by atoms with Gasteiger partial charge in [0.2, 0.25) is 5.91 Å². The summed E-state index contributed by atoms with van der Waals surface area (Å²) in [6.45, 7) is 2.72. The van der Waals surface area contributed by atoms with E-state index in [1.165, 1.54) is 10.9 Å². The third-order valence-corrected chi connectivity index (χ3v) is 5.93. The maximum atomic E-state index is 12.9. The van der Waals surface area contributed by atoms with Gasteiger partial charge in [0.1, 0.15) is 0 Å². The number of pyridine rings is 1. The highest BCUT2D eigenvalue weighted by Crippen LogP contribution is 2.35. The number of hydrogen-bond donors (Lipinski definition) is 2. The fraction of sp³-hybridized carbons (Fsp3) is 0.231. The van der Waals surface area contributed by atoms with E-state index in [9.17, 15) is 4.79 Å². The van der Waals surface area contributed by atoms with Gasteiger partial charge in [0.15, 0.2) is 0 Å². The van der Waals surface area contributed by atoms with Gasteiger partial charge in [-0.15, -0.1) is 0 Å². The minimum Gasteiger partial charge on any atom is -0.361 e. The zero-order chi connectivity index (χ0) is 21.6. The summed E-state index contributed by atoms with van der Waals surface area (Å²) in [7, 11) is 0. The third kappa shape index (κ3) is 4.97. The molecule has 2 aromatic heterocycles. The zero-order valence-corrected chi connectivity index (χ0v) is 18.3. The van der Waals surface area contributed by atoms with Crippen LogP contribution < -0.4 is 5.32 Å². The lowest BCUT2D eigenvalue weighted by atomic mass is 9.87. The van der Waals surface area contributed by atoms with E-state index in [0.717, 1.165) is 28.8 Å². The van der Waals surface area contributed by atoms with E-state index in [1.54, 1.807) is 6.20 Å². The molecule has 1 amide bonds. The summed E-state index contributed by atoms with van der Waals surface area (Å²) in [5.41, 5.74) is 5.60. The predicted octanol–water partition coefficient (Wildman–Crippen LogP) is 5.66. The molecule has 4 rings (SSSR count). The number of H-pyrrole nitrogens is 1. The summed E-state index contributed by atoms with van der Waals surface area (Å²) in [6, 6.07) is 20.0. The van der Waals surface area contributed by atoms with Crippen LogP contribution >= 0.6 is 11.6 Å². The Hall–Kier alpha value is -3.11. The minimum absolute atomic E-state index is 0.0249. The van der Waals surface area contributed by atoms with Crippen molar-refractivity contribution in [1.29, 1.82) is 0 Å². The smallest absolute Gasteiger partial charge is 0.220 e. The molecule has 0 aliphatic rings. The molecule has 0 saturated carbocycles. The summed E-state index contributed by atoms with van der Waals surface area (Å²) < 4.78 is 0. The molecule has 0 unspecified atom stereocenters. The monoisotopic (exact) mass is 431 g/mol. The number of nitrogens with zero attached hydrogens (tertiary/aromatic N) is 1. The van der Waals surface area contributed by atoms with Crippen LogP contribution in [0.3, 0.4) is 0 Å². The minimum atomic E-state index is -0.0621. The molecule has 158 valence electrons. The lowest BCUT2D eigenvalue weighted by Crippen LogP contribution is -2.27. The summed E-state index contributed by atoms with van der Waals surface area (Å²) in [6.07, 6.45) is 5.86. The van der Waals surface area contributed by atoms with Crippen molar-refractivity contribution >= 4 is 28.4 Å². The van der Waals surface area contributed by atoms with Crippen molar-refractivity contribution in [3.8, 4) is 0 Å². The van der Waals surface area contributed by atoms with Crippen LogP contribution in [0.5, 0.6) is 0 Å². The van der Waals surface area contributed by atoms with Gasteiger partial charge in [-0.25, -0.2) is 0 Å². The Morgan fingerprint density at radius 1 is 1.10 bits per heavy atom. The van der Waals surface area contributed by atoms with Crippen LogP contribution in [0.25, 0.3) is 10.9 Å². The molecule has 2 aromatic carbocycles. The maximum absolute atomic E-state index is 12.9. The molecule has 0 aliphatic carbocycles. The predicted molar refractivity (Wildman–Crippen MR) is 127 cm³/mol. The van der Waals surface area contributed by atoms with Gasteiger partial charge in [0.05, 0.1) is 0 Å². The number of rotatable bonds is 8. The van der Waals surface area contributed by atoms with Crippen LogP contribution in [0.15, 0.2) is 73.1 Å². The number of carbonyl (C=O) groups is 1. The Balaban J connectivity index is 1.57. The van der Waals surface area contributed by atoms with E-state index < -0.39 is 0 Å². The van der Waals surface area contributed by atoms with Crippen molar-refractivity contribution < 1.29 is 4.79 Å². The average molecular weight is 432 g/mol. The van der Waals surface area contributed by atoms with E-state index in [4.69, 9.17) is 11.6 Å². The van der Waals surface area contributed by atoms with Crippen LogP contribution in [0.4, 0.5) is 0 Å². The molecular formula is C26H26ClN3O. The maximum Gasteiger partial charge on any atom is 0.220 e. The molecule has 0 bridgehead atoms. The summed E-state index contributed by atoms with van der Waals surface area (Å²) in [5, 5.41) is 4.92. The van der Waals surface area contributed by atoms with E-state index in [0.29, 0.717) is 24.4 Å². The van der Waals surface area contributed by atoms with E-state index >= 15 is 0 Å². The first kappa shape index (κ1) is 21.1. The van der Waals surface area contributed by atoms with Gasteiger partial charge in [-0.05, 0) is 47.4 Å². The molecule has 4 nitrogen and oxygen atoms in total. The van der Waals surface area contributed by atoms with Gasteiger partial charge in [-0.3, -0.25) is 9.78 Å². The van der Waals surface area contributed by atoms with Gasteiger partial charge >= 0.3 is 0 Å². The van der Waals surface area contributed by atoms with E-state index in [2.05, 4.69) is 40.4 Å². The summed E-state index contributed by atoms with van der Waals surface area (Å²) >= 11 is 6.12. The molecular weight excluding hydrogens is 406 g/mol. The van der Waals surface area contributed by atoms with E-state index in [1.807, 2.05) is 48.7 Å². The molecule has 0 radical (unpaired) electrons. The number of aromatic amines is 1. The quantitative estimate of drug-likeness (QED) is 0.378. The van der Waals surface area contributed by atoms with Crippen LogP contribution in [-0.4, -0.2) is 22.4 Å². The number of fused-ring (bicyclic) bond motifs is 1. The summed E-state index contributed by atoms with van der Waals surface area (Å²) in [4.78, 5) is 20.6. The standard InChI is InChI=1S/C26H26ClN3O/c1-2-18-6-5-8-22-24(17-30-26(18)22)23(19-9-11-20(27)12-10-19)16-25(31)29-15-13-21-7-3-4-14-28-21/h3-12,14,17,23,30H,2,13,15-16H2,1H3,(H,29,31)/t23-/m0/s1. The number of aryl methyl sites for hydroxylation is 1. The number of halogens is 1. The van der Waals surface area contributed by atoms with Crippen molar-refractivity contribution in [2.45, 2.75) is 32.1 Å². The second kappa shape index (κ2) is 9.80. The first-order chi connectivity index (χ1) is 15.2. The molecule has 0 fully saturated rings. The fourth-order valence-electron chi connectivity index (χ4n) is 4.06. The summed E-state index contributed by atoms with van der Waals surface area (Å²) in [5.74, 6) is -0.0372. The second-order valence-electron chi connectivity index (χ2n) is 7.67. The Morgan fingerprint density at radius 3 is 2.68 bits per heavy atom. The molecule has 31 heavy (non-hydrogen) atoms. The molecule has 5 heteroatoms. The number of hydrogen-bond acceptors (Lipinski definition) is 2. The first-order valence-corrected chi connectivity index (χ1v) is 11.0. The highest BCUT2D eigenvalue weighted by molar-refractivity contribution is 6.30. The molecule has 2 heterocycles. The van der Waals surface area contributed by atoms with Gasteiger partial charge in [0.25, 0.3) is 0 Å². The van der Waals surface area contributed by atoms with Gasteiger partial charge < -0.3 is 10.3 Å². The number of benzene rings is 2. The van der Waals surface area contributed by atoms with Gasteiger partial charge in [-0.1, -0.05) is 54.9 Å². The topological polar surface area (TPSA) is 57.8 Å². The lowest BCUT2D eigenvalue weighted by Gasteiger charge is -2.17. The average Bonchev–Trinajstić information content (AvgIpc) is 3.23. The SMILES string of the molecule is CCc1cccc2c([C@@H](CC(=O)NCCc3ccccn3)c3ccc(Cl)cc3)c[nH]c12. The number of amides is 1. The molecule has 0 aliphatic heterocycles. The number of nitrogens with one attached hydrogen (secondary N) is 2. The van der Waals surface area contributed by atoms with E-state index in [-0.39, 0.29) is 11.8 Å². The fourth-order valence-corrected chi connectivity index (χ4v) is 4.18. The molecule has 2 N–H and O–H groups in total. The normalized spacial score (nSPS) is 12.1. The molecule has 0 spiro atoms. The Labute approximate surface area is 187 Å². The van der Waals surface area contributed by atoms with Crippen molar-refractivity contribution in [3.05, 3.63) is 100 Å². The Morgan fingerprint density at radius 2 is 1.94 bits per heavy atom. The van der Waals surface area contributed by atoms with Gasteiger partial charge in [0, 0.05) is 59.3 Å². The van der Waals surface area contributed by atoms with Crippen LogP contribution in [0, 0.1) is 0 Å². The molecule has 0 saturated heterocycles. The lowest BCUT2D eigenvalue weighted by molar-refractivity contribution is -0.121. The Bertz CT molecular complexity index is 1150. The largest absolute Gasteiger partial charge is 0.361 e. The number of para-hydroxylation sites is 1. The Kier molecular flexibility index (Phi) is 6.68. The number of aromatic nitrogens is 2. The molecule has 4 aromatic rings. The highest BCUT2D eigenvalue weighted by Gasteiger charge is 2.22. The highest BCUT2D eigenvalue weighted by atomic mass is 35.5. The van der Waals surface area contributed by atoms with Crippen molar-refractivity contribution in [3.63, 3.8) is 0 Å². The third-order valence-electron chi connectivity index (χ3n) is 5.68. The number of carbonyl (C=O) groups excluding carboxylic acids is 1. The first-order valence-electron chi connectivity index (χ1n) is 10.7. The van der Waals surface area contributed by atoms with Crippen molar-refractivity contribution in [1.82, 2.24) is 15.3 Å². The van der Waals surface area contributed by atoms with Crippen LogP contribution in [0.2, 0.25) is 5.02 Å². The molecule has 1 atom stereocenters. The van der Waals surface area contributed by atoms with Crippen LogP contribution in [-0.2, 0) is 17.6 Å². The zero-order valence-electron chi connectivity index (χ0n) is 17.6. The van der Waals surface area contributed by atoms with Crippen molar-refractivity contribution in [2.24, 2.45) is 0 Å². The second-order valence-corrected chi connectivity index (χ2v) is 8.10. The van der Waals surface area contributed by atoms with Gasteiger partial charge in [-0.2, -0.15) is 0 Å².